The number of rotatable bonds is 1. The second kappa shape index (κ2) is 3.61. The monoisotopic (exact) mass is 266 g/mol. The lowest BCUT2D eigenvalue weighted by atomic mass is 10.2. The molecule has 1 aromatic carbocycles. The molecule has 2 heterocycles. The number of hydrogen-bond donors (Lipinski definition) is 0. The molecule has 0 unspecified atom stereocenters. The summed E-state index contributed by atoms with van der Waals surface area (Å²) in [5.74, 6) is 0. The molecule has 1 aromatic heterocycles. The van der Waals surface area contributed by atoms with E-state index in [2.05, 4.69) is 43.9 Å². The molecule has 0 radical (unpaired) electrons. The van der Waals surface area contributed by atoms with Gasteiger partial charge in [-0.15, -0.1) is 0 Å². The maximum atomic E-state index is 5.38. The first-order valence-electron chi connectivity index (χ1n) is 5.05. The molecule has 1 atom stereocenters. The first-order valence-corrected chi connectivity index (χ1v) is 5.84. The van der Waals surface area contributed by atoms with Gasteiger partial charge in [0, 0.05) is 16.5 Å². The van der Waals surface area contributed by atoms with Gasteiger partial charge < -0.3 is 4.74 Å². The zero-order valence-electron chi connectivity index (χ0n) is 8.19. The number of nitrogens with zero attached hydrogens (tertiary/aromatic N) is 2. The first kappa shape index (κ1) is 9.36. The van der Waals surface area contributed by atoms with Gasteiger partial charge in [0.2, 0.25) is 0 Å². The fourth-order valence-corrected chi connectivity index (χ4v) is 2.41. The predicted molar refractivity (Wildman–Crippen MR) is 61.9 cm³/mol. The lowest BCUT2D eigenvalue weighted by Gasteiger charge is -2.09. The standard InChI is InChI=1S/C11H11BrN2O/c12-9-1-2-11-8(5-9)6-13-14(11)10-3-4-15-7-10/h1-2,5-6,10H,3-4,7H2/t10-/m1/s1. The predicted octanol–water partition coefficient (Wildman–Crippen LogP) is 2.76. The molecule has 3 nitrogen and oxygen atoms in total. The highest BCUT2D eigenvalue weighted by Gasteiger charge is 2.19. The minimum atomic E-state index is 0.406. The van der Waals surface area contributed by atoms with Crippen LogP contribution < -0.4 is 0 Å². The summed E-state index contributed by atoms with van der Waals surface area (Å²) >= 11 is 3.46. The smallest absolute Gasteiger partial charge is 0.0781 e. The number of hydrogen-bond acceptors (Lipinski definition) is 2. The summed E-state index contributed by atoms with van der Waals surface area (Å²) in [6.45, 7) is 1.63. The second-order valence-corrected chi connectivity index (χ2v) is 4.73. The van der Waals surface area contributed by atoms with Crippen LogP contribution >= 0.6 is 15.9 Å². The summed E-state index contributed by atoms with van der Waals surface area (Å²) in [6.07, 6.45) is 2.98. The average Bonchev–Trinajstić information content (AvgIpc) is 2.82. The zero-order valence-corrected chi connectivity index (χ0v) is 9.77. The van der Waals surface area contributed by atoms with Crippen molar-refractivity contribution in [2.45, 2.75) is 12.5 Å². The van der Waals surface area contributed by atoms with Gasteiger partial charge in [0.1, 0.15) is 0 Å². The Balaban J connectivity index is 2.11. The van der Waals surface area contributed by atoms with Crippen LogP contribution in [0.4, 0.5) is 0 Å². The van der Waals surface area contributed by atoms with E-state index in [1.54, 1.807) is 0 Å². The van der Waals surface area contributed by atoms with Gasteiger partial charge in [-0.1, -0.05) is 15.9 Å². The lowest BCUT2D eigenvalue weighted by Crippen LogP contribution is -2.09. The van der Waals surface area contributed by atoms with Crippen molar-refractivity contribution in [1.29, 1.82) is 0 Å². The van der Waals surface area contributed by atoms with Gasteiger partial charge in [-0.3, -0.25) is 4.68 Å². The van der Waals surface area contributed by atoms with Gasteiger partial charge in [-0.05, 0) is 24.6 Å². The Kier molecular flexibility index (Phi) is 2.25. The van der Waals surface area contributed by atoms with Crippen LogP contribution in [0.2, 0.25) is 0 Å². The molecule has 0 N–H and O–H groups in total. The molecule has 0 amide bonds. The van der Waals surface area contributed by atoms with Crippen molar-refractivity contribution in [3.8, 4) is 0 Å². The highest BCUT2D eigenvalue weighted by Crippen LogP contribution is 2.25. The van der Waals surface area contributed by atoms with Crippen molar-refractivity contribution in [3.63, 3.8) is 0 Å². The number of halogens is 1. The van der Waals surface area contributed by atoms with Crippen molar-refractivity contribution >= 4 is 26.8 Å². The Morgan fingerprint density at radius 2 is 2.40 bits per heavy atom. The first-order chi connectivity index (χ1) is 7.34. The van der Waals surface area contributed by atoms with E-state index in [1.165, 1.54) is 10.9 Å². The molecule has 0 aliphatic carbocycles. The van der Waals surface area contributed by atoms with E-state index in [0.717, 1.165) is 24.1 Å². The molecule has 4 heteroatoms. The van der Waals surface area contributed by atoms with Gasteiger partial charge in [0.15, 0.2) is 0 Å². The summed E-state index contributed by atoms with van der Waals surface area (Å²) in [6, 6.07) is 6.65. The number of ether oxygens (including phenoxy) is 1. The molecule has 78 valence electrons. The Labute approximate surface area is 96.2 Å². The van der Waals surface area contributed by atoms with Gasteiger partial charge in [-0.2, -0.15) is 5.10 Å². The Bertz CT molecular complexity index is 488. The molecule has 1 saturated heterocycles. The molecular formula is C11H11BrN2O. The molecular weight excluding hydrogens is 256 g/mol. The van der Waals surface area contributed by atoms with Crippen LogP contribution in [0.25, 0.3) is 10.9 Å². The van der Waals surface area contributed by atoms with Gasteiger partial charge in [-0.25, -0.2) is 0 Å². The average molecular weight is 267 g/mol. The third-order valence-electron chi connectivity index (χ3n) is 2.81. The minimum Gasteiger partial charge on any atom is -0.379 e. The Hall–Kier alpha value is -0.870. The van der Waals surface area contributed by atoms with E-state index in [9.17, 15) is 0 Å². The van der Waals surface area contributed by atoms with Crippen LogP contribution in [0, 0.1) is 0 Å². The molecule has 3 rings (SSSR count). The fraction of sp³-hybridized carbons (Fsp3) is 0.364. The van der Waals surface area contributed by atoms with E-state index in [-0.39, 0.29) is 0 Å². The molecule has 1 aliphatic heterocycles. The maximum Gasteiger partial charge on any atom is 0.0781 e. The normalized spacial score (nSPS) is 21.3. The summed E-state index contributed by atoms with van der Waals surface area (Å²) in [7, 11) is 0. The van der Waals surface area contributed by atoms with Crippen LogP contribution in [-0.4, -0.2) is 23.0 Å². The molecule has 0 bridgehead atoms. The van der Waals surface area contributed by atoms with Gasteiger partial charge in [0.25, 0.3) is 0 Å². The fourth-order valence-electron chi connectivity index (χ4n) is 2.03. The summed E-state index contributed by atoms with van der Waals surface area (Å²) in [5, 5.41) is 5.61. The van der Waals surface area contributed by atoms with E-state index in [0.29, 0.717) is 6.04 Å². The maximum absolute atomic E-state index is 5.38. The zero-order chi connectivity index (χ0) is 10.3. The minimum absolute atomic E-state index is 0.406. The highest BCUT2D eigenvalue weighted by atomic mass is 79.9. The Morgan fingerprint density at radius 1 is 1.47 bits per heavy atom. The summed E-state index contributed by atoms with van der Waals surface area (Å²) in [4.78, 5) is 0. The molecule has 1 fully saturated rings. The summed E-state index contributed by atoms with van der Waals surface area (Å²) in [5.41, 5.74) is 1.19. The van der Waals surface area contributed by atoms with Crippen LogP contribution in [0.1, 0.15) is 12.5 Å². The van der Waals surface area contributed by atoms with Gasteiger partial charge >= 0.3 is 0 Å². The molecule has 2 aromatic rings. The lowest BCUT2D eigenvalue weighted by molar-refractivity contribution is 0.185. The van der Waals surface area contributed by atoms with Crippen LogP contribution in [0.5, 0.6) is 0 Å². The number of fused-ring (bicyclic) bond motifs is 1. The van der Waals surface area contributed by atoms with E-state index >= 15 is 0 Å². The number of aromatic nitrogens is 2. The molecule has 1 aliphatic rings. The van der Waals surface area contributed by atoms with Crippen LogP contribution in [-0.2, 0) is 4.74 Å². The van der Waals surface area contributed by atoms with Crippen molar-refractivity contribution in [1.82, 2.24) is 9.78 Å². The molecule has 0 saturated carbocycles. The highest BCUT2D eigenvalue weighted by molar-refractivity contribution is 9.10. The van der Waals surface area contributed by atoms with E-state index < -0.39 is 0 Å². The van der Waals surface area contributed by atoms with Crippen molar-refractivity contribution < 1.29 is 4.74 Å². The second-order valence-electron chi connectivity index (χ2n) is 3.81. The van der Waals surface area contributed by atoms with E-state index in [1.807, 2.05) is 6.20 Å². The van der Waals surface area contributed by atoms with Crippen LogP contribution in [0.3, 0.4) is 0 Å². The molecule has 0 spiro atoms. The van der Waals surface area contributed by atoms with Crippen LogP contribution in [0.15, 0.2) is 28.9 Å². The third kappa shape index (κ3) is 1.58. The molecule has 15 heavy (non-hydrogen) atoms. The summed E-state index contributed by atoms with van der Waals surface area (Å²) < 4.78 is 8.56. The van der Waals surface area contributed by atoms with Gasteiger partial charge in [0.05, 0.1) is 24.4 Å². The quantitative estimate of drug-likeness (QED) is 0.794. The third-order valence-corrected chi connectivity index (χ3v) is 3.30. The Morgan fingerprint density at radius 3 is 3.20 bits per heavy atom. The van der Waals surface area contributed by atoms with Crippen molar-refractivity contribution in [2.24, 2.45) is 0 Å². The largest absolute Gasteiger partial charge is 0.379 e. The number of benzene rings is 1. The van der Waals surface area contributed by atoms with Crippen molar-refractivity contribution in [2.75, 3.05) is 13.2 Å². The van der Waals surface area contributed by atoms with Crippen molar-refractivity contribution in [3.05, 3.63) is 28.9 Å². The van der Waals surface area contributed by atoms with E-state index in [4.69, 9.17) is 4.74 Å². The topological polar surface area (TPSA) is 27.1 Å². The SMILES string of the molecule is Brc1ccc2c(cnn2[C@@H]2CCOC2)c1.